The van der Waals surface area contributed by atoms with Gasteiger partial charge in [-0.1, -0.05) is 34.6 Å². The van der Waals surface area contributed by atoms with Gasteiger partial charge < -0.3 is 20.1 Å². The number of aliphatic hydroxyl groups excluding tert-OH is 1. The summed E-state index contributed by atoms with van der Waals surface area (Å²) >= 11 is 7.86. The van der Waals surface area contributed by atoms with Crippen LogP contribution in [0.2, 0.25) is 5.02 Å². The van der Waals surface area contributed by atoms with Crippen LogP contribution in [0.3, 0.4) is 0 Å². The SMILES string of the molecule is Cc1noc(C)c1-c1cc(Cl)c(Sc2ncccc2CO)c(CNC(=O)O)c1. The Hall–Kier alpha value is -2.55. The van der Waals surface area contributed by atoms with Crippen LogP contribution >= 0.6 is 23.4 Å². The number of carbonyl (C=O) groups is 1. The number of nitrogens with one attached hydrogen (secondary N) is 1. The summed E-state index contributed by atoms with van der Waals surface area (Å²) < 4.78 is 5.24. The average molecular weight is 420 g/mol. The summed E-state index contributed by atoms with van der Waals surface area (Å²) in [7, 11) is 0. The van der Waals surface area contributed by atoms with Crippen LogP contribution in [0.15, 0.2) is 44.9 Å². The molecule has 146 valence electrons. The van der Waals surface area contributed by atoms with Crippen LogP contribution in [-0.4, -0.2) is 26.4 Å². The van der Waals surface area contributed by atoms with E-state index < -0.39 is 6.09 Å². The maximum Gasteiger partial charge on any atom is 0.404 e. The van der Waals surface area contributed by atoms with Crippen molar-refractivity contribution in [2.45, 2.75) is 36.9 Å². The maximum absolute atomic E-state index is 11.0. The van der Waals surface area contributed by atoms with E-state index in [1.807, 2.05) is 19.9 Å². The zero-order valence-corrected chi connectivity index (χ0v) is 16.8. The minimum atomic E-state index is -1.14. The summed E-state index contributed by atoms with van der Waals surface area (Å²) in [5.74, 6) is 0.651. The number of nitrogens with zero attached hydrogens (tertiary/aromatic N) is 2. The van der Waals surface area contributed by atoms with Crippen LogP contribution in [0.1, 0.15) is 22.6 Å². The molecule has 0 aliphatic rings. The summed E-state index contributed by atoms with van der Waals surface area (Å²) in [6, 6.07) is 7.17. The Kier molecular flexibility index (Phi) is 6.23. The molecule has 0 unspecified atom stereocenters. The van der Waals surface area contributed by atoms with Gasteiger partial charge in [0.05, 0.1) is 17.3 Å². The second-order valence-electron chi connectivity index (χ2n) is 6.03. The van der Waals surface area contributed by atoms with Crippen molar-refractivity contribution in [2.24, 2.45) is 0 Å². The Balaban J connectivity index is 2.09. The van der Waals surface area contributed by atoms with Crippen LogP contribution in [0.4, 0.5) is 4.79 Å². The van der Waals surface area contributed by atoms with Gasteiger partial charge in [-0.25, -0.2) is 9.78 Å². The van der Waals surface area contributed by atoms with Crippen LogP contribution < -0.4 is 5.32 Å². The van der Waals surface area contributed by atoms with Gasteiger partial charge in [0, 0.05) is 28.8 Å². The highest BCUT2D eigenvalue weighted by Gasteiger charge is 2.18. The van der Waals surface area contributed by atoms with Crippen molar-refractivity contribution in [3.8, 4) is 11.1 Å². The number of amides is 1. The molecule has 3 aromatic rings. The van der Waals surface area contributed by atoms with Gasteiger partial charge in [0.2, 0.25) is 0 Å². The Morgan fingerprint density at radius 1 is 1.32 bits per heavy atom. The minimum Gasteiger partial charge on any atom is -0.465 e. The molecule has 1 amide bonds. The Morgan fingerprint density at radius 2 is 2.11 bits per heavy atom. The first kappa shape index (κ1) is 20.2. The van der Waals surface area contributed by atoms with E-state index >= 15 is 0 Å². The number of pyridine rings is 1. The normalized spacial score (nSPS) is 10.9. The van der Waals surface area contributed by atoms with E-state index in [0.29, 0.717) is 31.8 Å². The monoisotopic (exact) mass is 419 g/mol. The predicted molar refractivity (Wildman–Crippen MR) is 106 cm³/mol. The number of benzene rings is 1. The number of aryl methyl sites for hydroxylation is 2. The summed E-state index contributed by atoms with van der Waals surface area (Å²) in [5.41, 5.74) is 3.68. The molecular formula is C19H18ClN3O4S. The lowest BCUT2D eigenvalue weighted by atomic mass is 10.0. The summed E-state index contributed by atoms with van der Waals surface area (Å²) in [5, 5.41) is 26.0. The van der Waals surface area contributed by atoms with E-state index in [2.05, 4.69) is 15.5 Å². The molecule has 0 saturated heterocycles. The smallest absolute Gasteiger partial charge is 0.404 e. The first-order chi connectivity index (χ1) is 13.4. The van der Waals surface area contributed by atoms with Gasteiger partial charge in [-0.05, 0) is 43.2 Å². The van der Waals surface area contributed by atoms with Gasteiger partial charge >= 0.3 is 6.09 Å². The lowest BCUT2D eigenvalue weighted by molar-refractivity contribution is 0.194. The lowest BCUT2D eigenvalue weighted by Crippen LogP contribution is -2.20. The molecule has 3 N–H and O–H groups in total. The number of aliphatic hydroxyl groups is 1. The molecule has 2 aromatic heterocycles. The molecule has 9 heteroatoms. The van der Waals surface area contributed by atoms with Crippen molar-refractivity contribution in [1.82, 2.24) is 15.5 Å². The van der Waals surface area contributed by atoms with E-state index in [1.165, 1.54) is 11.8 Å². The van der Waals surface area contributed by atoms with Crippen molar-refractivity contribution in [3.05, 3.63) is 58.1 Å². The van der Waals surface area contributed by atoms with Crippen LogP contribution in [0, 0.1) is 13.8 Å². The molecule has 0 spiro atoms. The fourth-order valence-electron chi connectivity index (χ4n) is 2.84. The molecule has 7 nitrogen and oxygen atoms in total. The van der Waals surface area contributed by atoms with Crippen molar-refractivity contribution in [2.75, 3.05) is 0 Å². The minimum absolute atomic E-state index is 0.0654. The van der Waals surface area contributed by atoms with Crippen molar-refractivity contribution < 1.29 is 19.5 Å². The van der Waals surface area contributed by atoms with Crippen LogP contribution in [0.5, 0.6) is 0 Å². The number of halogens is 1. The Morgan fingerprint density at radius 3 is 2.75 bits per heavy atom. The van der Waals surface area contributed by atoms with Crippen molar-refractivity contribution in [3.63, 3.8) is 0 Å². The van der Waals surface area contributed by atoms with Crippen LogP contribution in [0.25, 0.3) is 11.1 Å². The number of rotatable bonds is 6. The molecule has 0 aliphatic carbocycles. The topological polar surface area (TPSA) is 108 Å². The first-order valence-corrected chi connectivity index (χ1v) is 9.55. The fourth-order valence-corrected chi connectivity index (χ4v) is 4.18. The largest absolute Gasteiger partial charge is 0.465 e. The van der Waals surface area contributed by atoms with Gasteiger partial charge in [0.15, 0.2) is 0 Å². The Bertz CT molecular complexity index is 1000. The van der Waals surface area contributed by atoms with Crippen molar-refractivity contribution in [1.29, 1.82) is 0 Å². The van der Waals surface area contributed by atoms with E-state index in [1.54, 1.807) is 24.4 Å². The van der Waals surface area contributed by atoms with Crippen LogP contribution in [-0.2, 0) is 13.2 Å². The summed E-state index contributed by atoms with van der Waals surface area (Å²) in [6.45, 7) is 3.55. The zero-order chi connectivity index (χ0) is 20.3. The standard InChI is InChI=1S/C19H18ClN3O4S/c1-10-16(11(2)27-23-10)13-6-14(8-22-19(25)26)17(15(20)7-13)28-18-12(9-24)4-3-5-21-18/h3-7,22,24H,8-9H2,1-2H3,(H,25,26). The summed E-state index contributed by atoms with van der Waals surface area (Å²) in [6.07, 6.45) is 0.492. The molecule has 28 heavy (non-hydrogen) atoms. The Labute approximate surface area is 170 Å². The number of hydrogen-bond acceptors (Lipinski definition) is 6. The van der Waals surface area contributed by atoms with E-state index in [0.717, 1.165) is 16.8 Å². The van der Waals surface area contributed by atoms with Gasteiger partial charge in [-0.3, -0.25) is 0 Å². The van der Waals surface area contributed by atoms with E-state index in [-0.39, 0.29) is 13.2 Å². The molecule has 2 heterocycles. The predicted octanol–water partition coefficient (Wildman–Crippen LogP) is 4.42. The molecule has 0 bridgehead atoms. The fraction of sp³-hybridized carbons (Fsp3) is 0.211. The van der Waals surface area contributed by atoms with Gasteiger partial charge in [-0.15, -0.1) is 0 Å². The third-order valence-corrected chi connectivity index (χ3v) is 5.75. The molecule has 0 saturated carbocycles. The highest BCUT2D eigenvalue weighted by atomic mass is 35.5. The third-order valence-electron chi connectivity index (χ3n) is 4.09. The molecular weight excluding hydrogens is 402 g/mol. The lowest BCUT2D eigenvalue weighted by Gasteiger charge is -2.15. The second-order valence-corrected chi connectivity index (χ2v) is 7.44. The third kappa shape index (κ3) is 4.30. The van der Waals surface area contributed by atoms with Crippen molar-refractivity contribution >= 4 is 29.5 Å². The molecule has 3 rings (SSSR count). The molecule has 0 atom stereocenters. The molecule has 0 aliphatic heterocycles. The second kappa shape index (κ2) is 8.64. The van der Waals surface area contributed by atoms with E-state index in [9.17, 15) is 9.90 Å². The number of carboxylic acid groups (broad SMARTS) is 1. The first-order valence-electron chi connectivity index (χ1n) is 8.35. The maximum atomic E-state index is 11.0. The van der Waals surface area contributed by atoms with Gasteiger partial charge in [-0.2, -0.15) is 0 Å². The molecule has 0 radical (unpaired) electrons. The molecule has 1 aromatic carbocycles. The number of hydrogen-bond donors (Lipinski definition) is 3. The zero-order valence-electron chi connectivity index (χ0n) is 15.2. The highest BCUT2D eigenvalue weighted by molar-refractivity contribution is 7.99. The molecule has 0 fully saturated rings. The van der Waals surface area contributed by atoms with Gasteiger partial charge in [0.1, 0.15) is 10.8 Å². The van der Waals surface area contributed by atoms with Gasteiger partial charge in [0.25, 0.3) is 0 Å². The van der Waals surface area contributed by atoms with E-state index in [4.69, 9.17) is 21.2 Å². The summed E-state index contributed by atoms with van der Waals surface area (Å²) in [4.78, 5) is 16.0. The quantitative estimate of drug-likeness (QED) is 0.542. The number of aromatic nitrogens is 2. The average Bonchev–Trinajstić information content (AvgIpc) is 3.00. The highest BCUT2D eigenvalue weighted by Crippen LogP contribution is 2.40.